The first-order valence-corrected chi connectivity index (χ1v) is 7.62. The predicted octanol–water partition coefficient (Wildman–Crippen LogP) is 5.11. The minimum absolute atomic E-state index is 0.118. The van der Waals surface area contributed by atoms with E-state index in [1.54, 1.807) is 6.07 Å². The van der Waals surface area contributed by atoms with E-state index in [0.717, 1.165) is 8.47 Å². The van der Waals surface area contributed by atoms with Gasteiger partial charge in [-0.1, -0.05) is 27.7 Å². The summed E-state index contributed by atoms with van der Waals surface area (Å²) in [5.74, 6) is 0. The molecule has 0 fully saturated rings. The van der Waals surface area contributed by atoms with Gasteiger partial charge in [0.05, 0.1) is 9.82 Å². The highest BCUT2D eigenvalue weighted by Gasteiger charge is 2.15. The maximum atomic E-state index is 11.0. The molecule has 0 amide bonds. The lowest BCUT2D eigenvalue weighted by atomic mass is 10.3. The largest absolute Gasteiger partial charge is 0.284 e. The van der Waals surface area contributed by atoms with Crippen molar-refractivity contribution in [3.05, 3.63) is 60.6 Å². The Morgan fingerprint density at radius 2 is 1.83 bits per heavy atom. The predicted molar refractivity (Wildman–Crippen MR) is 84.1 cm³/mol. The van der Waals surface area contributed by atoms with E-state index in [-0.39, 0.29) is 10.6 Å². The number of halogens is 2. The Bertz CT molecular complexity index is 589. The first-order valence-electron chi connectivity index (χ1n) is 4.93. The van der Waals surface area contributed by atoms with Crippen LogP contribution in [0.5, 0.6) is 0 Å². The summed E-state index contributed by atoms with van der Waals surface area (Å²) >= 11 is 6.86. The Balaban J connectivity index is 2.34. The summed E-state index contributed by atoms with van der Waals surface area (Å²) in [4.78, 5) is 12.3. The molecule has 0 spiro atoms. The molecule has 0 heterocycles. The van der Waals surface area contributed by atoms with Gasteiger partial charge < -0.3 is 0 Å². The van der Waals surface area contributed by atoms with E-state index < -0.39 is 0 Å². The van der Waals surface area contributed by atoms with Crippen molar-refractivity contribution in [3.63, 3.8) is 0 Å². The van der Waals surface area contributed by atoms with Crippen LogP contribution in [0.1, 0.15) is 0 Å². The van der Waals surface area contributed by atoms with Gasteiger partial charge in [0.2, 0.25) is 0 Å². The van der Waals surface area contributed by atoms with E-state index in [1.807, 2.05) is 30.3 Å². The van der Waals surface area contributed by atoms with Crippen molar-refractivity contribution in [2.75, 3.05) is 0 Å². The van der Waals surface area contributed by atoms with E-state index in [9.17, 15) is 10.1 Å². The minimum atomic E-state index is -0.361. The Morgan fingerprint density at radius 3 is 2.44 bits per heavy atom. The SMILES string of the molecule is O=[N+]([O-])c1cc(Br)ccc1Sc1ccc(I)cc1. The average Bonchev–Trinajstić information content (AvgIpc) is 2.34. The van der Waals surface area contributed by atoms with E-state index in [1.165, 1.54) is 17.8 Å². The number of rotatable bonds is 3. The summed E-state index contributed by atoms with van der Waals surface area (Å²) in [6.45, 7) is 0. The van der Waals surface area contributed by atoms with Gasteiger partial charge >= 0.3 is 0 Å². The summed E-state index contributed by atoms with van der Waals surface area (Å²) in [5, 5.41) is 11.0. The van der Waals surface area contributed by atoms with E-state index in [4.69, 9.17) is 0 Å². The van der Waals surface area contributed by atoms with Crippen molar-refractivity contribution in [1.29, 1.82) is 0 Å². The second kappa shape index (κ2) is 6.03. The molecule has 0 saturated heterocycles. The number of nitrogens with zero attached hydrogens (tertiary/aromatic N) is 1. The molecule has 6 heteroatoms. The number of benzene rings is 2. The molecule has 0 aliphatic heterocycles. The standard InChI is InChI=1S/C12H7BrINO2S/c13-8-1-6-12(11(7-8)15(16)17)18-10-4-2-9(14)3-5-10/h1-7H. The first-order chi connectivity index (χ1) is 8.56. The fourth-order valence-electron chi connectivity index (χ4n) is 1.35. The summed E-state index contributed by atoms with van der Waals surface area (Å²) in [6, 6.07) is 13.0. The molecule has 3 nitrogen and oxygen atoms in total. The molecule has 0 radical (unpaired) electrons. The number of hydrogen-bond acceptors (Lipinski definition) is 3. The molecular weight excluding hydrogens is 429 g/mol. The lowest BCUT2D eigenvalue weighted by Gasteiger charge is -2.03. The van der Waals surface area contributed by atoms with Crippen LogP contribution in [0, 0.1) is 13.7 Å². The molecule has 2 rings (SSSR count). The average molecular weight is 436 g/mol. The zero-order valence-corrected chi connectivity index (χ0v) is 13.5. The van der Waals surface area contributed by atoms with E-state index >= 15 is 0 Å². The van der Waals surface area contributed by atoms with E-state index in [2.05, 4.69) is 38.5 Å². The third kappa shape index (κ3) is 3.46. The van der Waals surface area contributed by atoms with Crippen LogP contribution in [0.4, 0.5) is 5.69 Å². The zero-order valence-electron chi connectivity index (χ0n) is 8.97. The highest BCUT2D eigenvalue weighted by Crippen LogP contribution is 2.36. The van der Waals surface area contributed by atoms with Crippen LogP contribution in [-0.2, 0) is 0 Å². The van der Waals surface area contributed by atoms with Gasteiger partial charge in [-0.3, -0.25) is 10.1 Å². The molecule has 18 heavy (non-hydrogen) atoms. The summed E-state index contributed by atoms with van der Waals surface area (Å²) < 4.78 is 1.85. The van der Waals surface area contributed by atoms with Crippen molar-refractivity contribution in [1.82, 2.24) is 0 Å². The monoisotopic (exact) mass is 435 g/mol. The Kier molecular flexibility index (Phi) is 4.63. The summed E-state index contributed by atoms with van der Waals surface area (Å²) in [7, 11) is 0. The second-order valence-corrected chi connectivity index (χ2v) is 6.70. The van der Waals surface area contributed by atoms with Crippen LogP contribution in [0.3, 0.4) is 0 Å². The molecule has 2 aromatic rings. The molecule has 0 aliphatic rings. The topological polar surface area (TPSA) is 43.1 Å². The van der Waals surface area contributed by atoms with Gasteiger partial charge in [-0.2, -0.15) is 0 Å². The van der Waals surface area contributed by atoms with Crippen LogP contribution in [-0.4, -0.2) is 4.92 Å². The molecular formula is C12H7BrINO2S. The van der Waals surface area contributed by atoms with Crippen LogP contribution >= 0.6 is 50.3 Å². The van der Waals surface area contributed by atoms with Gasteiger partial charge in [0.1, 0.15) is 0 Å². The second-order valence-electron chi connectivity index (χ2n) is 3.43. The summed E-state index contributed by atoms with van der Waals surface area (Å²) in [6.07, 6.45) is 0. The fraction of sp³-hybridized carbons (Fsp3) is 0. The van der Waals surface area contributed by atoms with Crippen LogP contribution in [0.15, 0.2) is 56.7 Å². The maximum Gasteiger partial charge on any atom is 0.284 e. The quantitative estimate of drug-likeness (QED) is 0.382. The Labute approximate surface area is 130 Å². The molecule has 0 atom stereocenters. The molecule has 0 aromatic heterocycles. The smallest absolute Gasteiger partial charge is 0.258 e. The van der Waals surface area contributed by atoms with Crippen molar-refractivity contribution in [2.45, 2.75) is 9.79 Å². The van der Waals surface area contributed by atoms with Gasteiger partial charge in [0.25, 0.3) is 5.69 Å². The minimum Gasteiger partial charge on any atom is -0.258 e. The maximum absolute atomic E-state index is 11.0. The molecule has 0 saturated carbocycles. The zero-order chi connectivity index (χ0) is 13.1. The van der Waals surface area contributed by atoms with Gasteiger partial charge in [-0.05, 0) is 59.0 Å². The van der Waals surface area contributed by atoms with Crippen molar-refractivity contribution in [3.8, 4) is 0 Å². The van der Waals surface area contributed by atoms with E-state index in [0.29, 0.717) is 9.37 Å². The summed E-state index contributed by atoms with van der Waals surface area (Å²) in [5.41, 5.74) is 0.118. The Morgan fingerprint density at radius 1 is 1.17 bits per heavy atom. The lowest BCUT2D eigenvalue weighted by Crippen LogP contribution is -1.90. The van der Waals surface area contributed by atoms with Crippen molar-refractivity contribution < 1.29 is 4.92 Å². The van der Waals surface area contributed by atoms with Crippen molar-refractivity contribution >= 4 is 56.0 Å². The highest BCUT2D eigenvalue weighted by atomic mass is 127. The third-order valence-corrected chi connectivity index (χ3v) is 4.44. The van der Waals surface area contributed by atoms with Gasteiger partial charge in [0, 0.05) is 19.0 Å². The normalized spacial score (nSPS) is 10.3. The Hall–Kier alpha value is -0.600. The third-order valence-electron chi connectivity index (χ3n) is 2.16. The molecule has 92 valence electrons. The molecule has 2 aromatic carbocycles. The van der Waals surface area contributed by atoms with Gasteiger partial charge in [-0.15, -0.1) is 0 Å². The molecule has 0 N–H and O–H groups in total. The molecule has 0 aliphatic carbocycles. The number of nitro groups is 1. The van der Waals surface area contributed by atoms with Gasteiger partial charge in [-0.25, -0.2) is 0 Å². The lowest BCUT2D eigenvalue weighted by molar-refractivity contribution is -0.387. The highest BCUT2D eigenvalue weighted by molar-refractivity contribution is 14.1. The molecule has 0 bridgehead atoms. The van der Waals surface area contributed by atoms with Crippen LogP contribution in [0.2, 0.25) is 0 Å². The molecule has 0 unspecified atom stereocenters. The van der Waals surface area contributed by atoms with Gasteiger partial charge in [0.15, 0.2) is 0 Å². The van der Waals surface area contributed by atoms with Crippen LogP contribution in [0.25, 0.3) is 0 Å². The number of nitro benzene ring substituents is 1. The van der Waals surface area contributed by atoms with Crippen molar-refractivity contribution in [2.24, 2.45) is 0 Å². The first kappa shape index (κ1) is 13.8. The number of hydrogen-bond donors (Lipinski definition) is 0. The fourth-order valence-corrected chi connectivity index (χ4v) is 2.96. The van der Waals surface area contributed by atoms with Crippen LogP contribution < -0.4 is 0 Å².